The summed E-state index contributed by atoms with van der Waals surface area (Å²) in [5.41, 5.74) is 0. The third-order valence-electron chi connectivity index (χ3n) is 4.71. The molecule has 0 bridgehead atoms. The zero-order valence-corrected chi connectivity index (χ0v) is 14.3. The monoisotopic (exact) mass is 321 g/mol. The lowest BCUT2D eigenvalue weighted by Crippen LogP contribution is -2.47. The predicted octanol–water partition coefficient (Wildman–Crippen LogP) is 2.15. The number of likely N-dealkylation sites (tertiary alicyclic amines) is 1. The summed E-state index contributed by atoms with van der Waals surface area (Å²) in [7, 11) is 0. The first-order valence-corrected chi connectivity index (χ1v) is 8.60. The van der Waals surface area contributed by atoms with Gasteiger partial charge in [-0.3, -0.25) is 4.79 Å². The Morgan fingerprint density at radius 2 is 2.17 bits per heavy atom. The first-order valence-electron chi connectivity index (χ1n) is 8.60. The fraction of sp³-hybridized carbons (Fsp3) is 0.765. The third-order valence-corrected chi connectivity index (χ3v) is 4.71. The summed E-state index contributed by atoms with van der Waals surface area (Å²) < 4.78 is 13.8. The SMILES string of the molecule is CC1COC2(CCN(C(=O)CCn3ccnc3C(C)C)CC2)O1. The van der Waals surface area contributed by atoms with Crippen molar-refractivity contribution in [3.8, 4) is 0 Å². The molecule has 6 heteroatoms. The molecule has 1 atom stereocenters. The van der Waals surface area contributed by atoms with Gasteiger partial charge in [0.05, 0.1) is 12.7 Å². The summed E-state index contributed by atoms with van der Waals surface area (Å²) in [6.45, 7) is 9.05. The summed E-state index contributed by atoms with van der Waals surface area (Å²) in [5, 5.41) is 0. The van der Waals surface area contributed by atoms with Crippen LogP contribution in [-0.2, 0) is 20.8 Å². The van der Waals surface area contributed by atoms with Crippen LogP contribution >= 0.6 is 0 Å². The second-order valence-corrected chi connectivity index (χ2v) is 6.91. The number of carbonyl (C=O) groups is 1. The fourth-order valence-corrected chi connectivity index (χ4v) is 3.45. The molecule has 2 fully saturated rings. The second-order valence-electron chi connectivity index (χ2n) is 6.91. The van der Waals surface area contributed by atoms with Gasteiger partial charge in [-0.25, -0.2) is 4.98 Å². The van der Waals surface area contributed by atoms with Crippen molar-refractivity contribution < 1.29 is 14.3 Å². The van der Waals surface area contributed by atoms with Crippen molar-refractivity contribution in [3.05, 3.63) is 18.2 Å². The lowest BCUT2D eigenvalue weighted by atomic mass is 10.0. The van der Waals surface area contributed by atoms with Gasteiger partial charge in [0.2, 0.25) is 5.91 Å². The number of imidazole rings is 1. The van der Waals surface area contributed by atoms with E-state index in [-0.39, 0.29) is 12.0 Å². The Labute approximate surface area is 137 Å². The van der Waals surface area contributed by atoms with Crippen LogP contribution < -0.4 is 0 Å². The number of hydrogen-bond donors (Lipinski definition) is 0. The van der Waals surface area contributed by atoms with Crippen molar-refractivity contribution in [1.82, 2.24) is 14.5 Å². The average Bonchev–Trinajstić information content (AvgIpc) is 3.13. The molecule has 0 aliphatic carbocycles. The van der Waals surface area contributed by atoms with E-state index in [1.54, 1.807) is 6.20 Å². The van der Waals surface area contributed by atoms with Crippen LogP contribution in [0.5, 0.6) is 0 Å². The van der Waals surface area contributed by atoms with Crippen molar-refractivity contribution in [2.24, 2.45) is 0 Å². The topological polar surface area (TPSA) is 56.6 Å². The maximum atomic E-state index is 12.5. The van der Waals surface area contributed by atoms with Gasteiger partial charge in [-0.2, -0.15) is 0 Å². The summed E-state index contributed by atoms with van der Waals surface area (Å²) >= 11 is 0. The van der Waals surface area contributed by atoms with Crippen LogP contribution in [-0.4, -0.2) is 51.9 Å². The summed E-state index contributed by atoms with van der Waals surface area (Å²) in [6, 6.07) is 0. The Morgan fingerprint density at radius 3 is 2.78 bits per heavy atom. The van der Waals surface area contributed by atoms with Gasteiger partial charge in [0.25, 0.3) is 0 Å². The van der Waals surface area contributed by atoms with Gasteiger partial charge < -0.3 is 18.9 Å². The van der Waals surface area contributed by atoms with Gasteiger partial charge in [-0.1, -0.05) is 13.8 Å². The zero-order chi connectivity index (χ0) is 16.4. The van der Waals surface area contributed by atoms with E-state index in [2.05, 4.69) is 23.4 Å². The molecule has 128 valence electrons. The normalized spacial score (nSPS) is 23.8. The van der Waals surface area contributed by atoms with Crippen LogP contribution in [0.15, 0.2) is 12.4 Å². The highest BCUT2D eigenvalue weighted by atomic mass is 16.7. The molecule has 1 unspecified atom stereocenters. The van der Waals surface area contributed by atoms with Crippen LogP contribution in [0.3, 0.4) is 0 Å². The summed E-state index contributed by atoms with van der Waals surface area (Å²) in [5.74, 6) is 1.17. The molecular weight excluding hydrogens is 294 g/mol. The molecule has 2 aliphatic rings. The minimum atomic E-state index is -0.439. The molecule has 0 N–H and O–H groups in total. The minimum absolute atomic E-state index is 0.160. The lowest BCUT2D eigenvalue weighted by molar-refractivity contribution is -0.194. The van der Waals surface area contributed by atoms with E-state index in [0.29, 0.717) is 38.6 Å². The number of nitrogens with zero attached hydrogens (tertiary/aromatic N) is 3. The largest absolute Gasteiger partial charge is 0.347 e. The molecule has 3 heterocycles. The number of rotatable bonds is 4. The molecule has 3 rings (SSSR count). The highest BCUT2D eigenvalue weighted by Crippen LogP contribution is 2.34. The van der Waals surface area contributed by atoms with Crippen LogP contribution in [0, 0.1) is 0 Å². The molecule has 1 amide bonds. The maximum absolute atomic E-state index is 12.5. The average molecular weight is 321 g/mol. The molecule has 1 spiro atoms. The van der Waals surface area contributed by atoms with Crippen molar-refractivity contribution in [2.45, 2.75) is 64.4 Å². The van der Waals surface area contributed by atoms with E-state index in [9.17, 15) is 4.79 Å². The predicted molar refractivity (Wildman–Crippen MR) is 86.0 cm³/mol. The second kappa shape index (κ2) is 6.61. The van der Waals surface area contributed by atoms with Gasteiger partial charge in [-0.05, 0) is 6.92 Å². The Hall–Kier alpha value is -1.40. The number of ether oxygens (including phenoxy) is 2. The highest BCUT2D eigenvalue weighted by Gasteiger charge is 2.43. The quantitative estimate of drug-likeness (QED) is 0.853. The van der Waals surface area contributed by atoms with Crippen molar-refractivity contribution in [2.75, 3.05) is 19.7 Å². The van der Waals surface area contributed by atoms with Gasteiger partial charge in [-0.15, -0.1) is 0 Å². The zero-order valence-electron chi connectivity index (χ0n) is 14.3. The van der Waals surface area contributed by atoms with E-state index in [4.69, 9.17) is 9.47 Å². The van der Waals surface area contributed by atoms with Gasteiger partial charge >= 0.3 is 0 Å². The van der Waals surface area contributed by atoms with E-state index >= 15 is 0 Å². The van der Waals surface area contributed by atoms with Crippen LogP contribution in [0.1, 0.15) is 51.8 Å². The van der Waals surface area contributed by atoms with Crippen LogP contribution in [0.2, 0.25) is 0 Å². The number of carbonyl (C=O) groups excluding carboxylic acids is 1. The molecule has 0 saturated carbocycles. The molecule has 6 nitrogen and oxygen atoms in total. The fourth-order valence-electron chi connectivity index (χ4n) is 3.45. The number of aryl methyl sites for hydroxylation is 1. The Kier molecular flexibility index (Phi) is 4.73. The first-order chi connectivity index (χ1) is 11.0. The lowest BCUT2D eigenvalue weighted by Gasteiger charge is -2.38. The number of piperidine rings is 1. The standard InChI is InChI=1S/C17H27N3O3/c1-13(2)16-18-7-11-20(16)8-4-15(21)19-9-5-17(6-10-19)22-12-14(3)23-17/h7,11,13-14H,4-6,8-10,12H2,1-3H3. The third kappa shape index (κ3) is 3.58. The van der Waals surface area contributed by atoms with Gasteiger partial charge in [0, 0.05) is 57.2 Å². The Balaban J connectivity index is 1.49. The van der Waals surface area contributed by atoms with Gasteiger partial charge in [0.1, 0.15) is 5.82 Å². The molecule has 0 radical (unpaired) electrons. The van der Waals surface area contributed by atoms with E-state index in [1.165, 1.54) is 0 Å². The van der Waals surface area contributed by atoms with Gasteiger partial charge in [0.15, 0.2) is 5.79 Å². The molecule has 2 aliphatic heterocycles. The number of hydrogen-bond acceptors (Lipinski definition) is 4. The summed E-state index contributed by atoms with van der Waals surface area (Å²) in [6.07, 6.45) is 5.97. The molecular formula is C17H27N3O3. The number of aromatic nitrogens is 2. The Morgan fingerprint density at radius 1 is 1.43 bits per heavy atom. The van der Waals surface area contributed by atoms with E-state index in [1.807, 2.05) is 18.0 Å². The summed E-state index contributed by atoms with van der Waals surface area (Å²) in [4.78, 5) is 18.8. The molecule has 0 aromatic carbocycles. The molecule has 1 aromatic rings. The highest BCUT2D eigenvalue weighted by molar-refractivity contribution is 5.76. The first kappa shape index (κ1) is 16.5. The van der Waals surface area contributed by atoms with Crippen molar-refractivity contribution in [1.29, 1.82) is 0 Å². The van der Waals surface area contributed by atoms with E-state index < -0.39 is 5.79 Å². The van der Waals surface area contributed by atoms with Crippen molar-refractivity contribution >= 4 is 5.91 Å². The van der Waals surface area contributed by atoms with Crippen molar-refractivity contribution in [3.63, 3.8) is 0 Å². The van der Waals surface area contributed by atoms with Crippen LogP contribution in [0.4, 0.5) is 0 Å². The Bertz CT molecular complexity index is 547. The van der Waals surface area contributed by atoms with Crippen LogP contribution in [0.25, 0.3) is 0 Å². The minimum Gasteiger partial charge on any atom is -0.347 e. The van der Waals surface area contributed by atoms with E-state index in [0.717, 1.165) is 18.7 Å². The number of amides is 1. The molecule has 1 aromatic heterocycles. The maximum Gasteiger partial charge on any atom is 0.224 e. The smallest absolute Gasteiger partial charge is 0.224 e. The molecule has 2 saturated heterocycles. The molecule has 23 heavy (non-hydrogen) atoms.